The molecule has 2 atom stereocenters. The van der Waals surface area contributed by atoms with E-state index in [1.807, 2.05) is 13.8 Å². The zero-order valence-electron chi connectivity index (χ0n) is 10.4. The lowest BCUT2D eigenvalue weighted by molar-refractivity contribution is -0.142. The molecule has 1 aromatic heterocycles. The molecule has 1 fully saturated rings. The van der Waals surface area contributed by atoms with E-state index in [4.69, 9.17) is 5.11 Å². The molecule has 7 nitrogen and oxygen atoms in total. The number of aromatic amines is 1. The van der Waals surface area contributed by atoms with E-state index in [9.17, 15) is 9.59 Å². The van der Waals surface area contributed by atoms with Gasteiger partial charge in [-0.15, -0.1) is 5.10 Å². The number of carboxylic acids is 1. The van der Waals surface area contributed by atoms with Crippen molar-refractivity contribution in [2.75, 3.05) is 6.54 Å². The summed E-state index contributed by atoms with van der Waals surface area (Å²) in [6.45, 7) is 4.17. The number of hydrogen-bond acceptors (Lipinski definition) is 4. The van der Waals surface area contributed by atoms with Crippen molar-refractivity contribution in [1.29, 1.82) is 0 Å². The number of hydrogen-bond donors (Lipinski definition) is 2. The molecule has 2 unspecified atom stereocenters. The maximum absolute atomic E-state index is 12.2. The molecule has 0 radical (unpaired) electrons. The van der Waals surface area contributed by atoms with Gasteiger partial charge in [-0.25, -0.2) is 9.78 Å². The van der Waals surface area contributed by atoms with E-state index in [0.717, 1.165) is 0 Å². The number of carbonyl (C=O) groups is 2. The van der Waals surface area contributed by atoms with Crippen LogP contribution in [0.25, 0.3) is 0 Å². The number of carboxylic acid groups (broad SMARTS) is 1. The largest absolute Gasteiger partial charge is 0.480 e. The first-order chi connectivity index (χ1) is 8.54. The Kier molecular flexibility index (Phi) is 3.31. The minimum absolute atomic E-state index is 0.0453. The van der Waals surface area contributed by atoms with Crippen LogP contribution >= 0.6 is 0 Å². The summed E-state index contributed by atoms with van der Waals surface area (Å²) in [5, 5.41) is 15.6. The van der Waals surface area contributed by atoms with Crippen LogP contribution in [0.4, 0.5) is 0 Å². The number of aliphatic carboxylic acids is 1. The van der Waals surface area contributed by atoms with Gasteiger partial charge in [0, 0.05) is 13.0 Å². The second-order valence-corrected chi connectivity index (χ2v) is 4.51. The Morgan fingerprint density at radius 1 is 1.56 bits per heavy atom. The van der Waals surface area contributed by atoms with Crippen LogP contribution in [0.2, 0.25) is 0 Å². The van der Waals surface area contributed by atoms with E-state index in [1.165, 1.54) is 4.90 Å². The molecule has 2 rings (SSSR count). The first kappa shape index (κ1) is 12.5. The fourth-order valence-electron chi connectivity index (χ4n) is 2.23. The monoisotopic (exact) mass is 252 g/mol. The predicted octanol–water partition coefficient (Wildman–Crippen LogP) is 0.302. The molecule has 0 spiro atoms. The summed E-state index contributed by atoms with van der Waals surface area (Å²) in [6, 6.07) is -0.777. The van der Waals surface area contributed by atoms with Crippen LogP contribution < -0.4 is 0 Å². The van der Waals surface area contributed by atoms with Crippen molar-refractivity contribution in [1.82, 2.24) is 20.1 Å². The van der Waals surface area contributed by atoms with Crippen molar-refractivity contribution < 1.29 is 14.7 Å². The predicted molar refractivity (Wildman–Crippen MR) is 62.0 cm³/mol. The number of carbonyl (C=O) groups excluding carboxylic acids is 1. The second-order valence-electron chi connectivity index (χ2n) is 4.51. The van der Waals surface area contributed by atoms with Gasteiger partial charge in [0.25, 0.3) is 5.91 Å². The van der Waals surface area contributed by atoms with E-state index in [2.05, 4.69) is 15.2 Å². The average molecular weight is 252 g/mol. The number of H-pyrrole nitrogens is 1. The first-order valence-electron chi connectivity index (χ1n) is 5.99. The van der Waals surface area contributed by atoms with Gasteiger partial charge < -0.3 is 10.0 Å². The van der Waals surface area contributed by atoms with Gasteiger partial charge in [-0.1, -0.05) is 13.8 Å². The fraction of sp³-hybridized carbons (Fsp3) is 0.636. The van der Waals surface area contributed by atoms with Crippen LogP contribution in [0, 0.1) is 5.92 Å². The molecular formula is C11H16N4O3. The van der Waals surface area contributed by atoms with Crippen LogP contribution in [-0.2, 0) is 11.2 Å². The molecule has 2 heterocycles. The van der Waals surface area contributed by atoms with E-state index in [1.54, 1.807) is 0 Å². The molecule has 1 saturated heterocycles. The molecule has 18 heavy (non-hydrogen) atoms. The quantitative estimate of drug-likeness (QED) is 0.806. The molecule has 98 valence electrons. The summed E-state index contributed by atoms with van der Waals surface area (Å²) in [7, 11) is 0. The van der Waals surface area contributed by atoms with E-state index in [-0.39, 0.29) is 11.7 Å². The zero-order valence-corrected chi connectivity index (χ0v) is 10.4. The third kappa shape index (κ3) is 2.07. The Labute approximate surface area is 104 Å². The molecule has 2 N–H and O–H groups in total. The van der Waals surface area contributed by atoms with Gasteiger partial charge in [0.2, 0.25) is 5.82 Å². The molecule has 7 heteroatoms. The number of amides is 1. The zero-order chi connectivity index (χ0) is 13.3. The summed E-state index contributed by atoms with van der Waals surface area (Å²) in [5.74, 6) is -0.761. The number of nitrogens with zero attached hydrogens (tertiary/aromatic N) is 3. The lowest BCUT2D eigenvalue weighted by Crippen LogP contribution is -2.43. The van der Waals surface area contributed by atoms with Gasteiger partial charge in [-0.2, -0.15) is 0 Å². The maximum Gasteiger partial charge on any atom is 0.326 e. The van der Waals surface area contributed by atoms with Gasteiger partial charge in [0.1, 0.15) is 11.9 Å². The van der Waals surface area contributed by atoms with Crippen molar-refractivity contribution in [2.24, 2.45) is 5.92 Å². The van der Waals surface area contributed by atoms with Crippen molar-refractivity contribution >= 4 is 11.9 Å². The standard InChI is InChI=1S/C11H16N4O3/c1-3-7-12-9(14-13-7)10(16)15-5-4-6(2)8(15)11(17)18/h6,8H,3-5H2,1-2H3,(H,17,18)(H,12,13,14). The highest BCUT2D eigenvalue weighted by atomic mass is 16.4. The van der Waals surface area contributed by atoms with Crippen LogP contribution in [0.15, 0.2) is 0 Å². The highest BCUT2D eigenvalue weighted by Crippen LogP contribution is 2.25. The van der Waals surface area contributed by atoms with Crippen LogP contribution in [0.5, 0.6) is 0 Å². The number of aryl methyl sites for hydroxylation is 1. The lowest BCUT2D eigenvalue weighted by Gasteiger charge is -2.21. The summed E-state index contributed by atoms with van der Waals surface area (Å²) < 4.78 is 0. The minimum atomic E-state index is -0.973. The highest BCUT2D eigenvalue weighted by molar-refractivity contribution is 5.94. The van der Waals surface area contributed by atoms with Gasteiger partial charge in [0.15, 0.2) is 0 Å². The van der Waals surface area contributed by atoms with Crippen molar-refractivity contribution in [3.05, 3.63) is 11.6 Å². The van der Waals surface area contributed by atoms with E-state index >= 15 is 0 Å². The number of nitrogens with one attached hydrogen (secondary N) is 1. The molecule has 0 aliphatic carbocycles. The van der Waals surface area contributed by atoms with Crippen LogP contribution in [0.1, 0.15) is 36.7 Å². The third-order valence-corrected chi connectivity index (χ3v) is 3.27. The second kappa shape index (κ2) is 4.75. The van der Waals surface area contributed by atoms with Crippen molar-refractivity contribution in [3.63, 3.8) is 0 Å². The number of rotatable bonds is 3. The molecule has 0 aromatic carbocycles. The Balaban J connectivity index is 2.20. The third-order valence-electron chi connectivity index (χ3n) is 3.27. The molecular weight excluding hydrogens is 236 g/mol. The number of aromatic nitrogens is 3. The van der Waals surface area contributed by atoms with Gasteiger partial charge in [0.05, 0.1) is 0 Å². The Morgan fingerprint density at radius 2 is 2.28 bits per heavy atom. The molecule has 1 aliphatic rings. The molecule has 1 amide bonds. The SMILES string of the molecule is CCc1nc(C(=O)N2CCC(C)C2C(=O)O)n[nH]1. The highest BCUT2D eigenvalue weighted by Gasteiger charge is 2.40. The summed E-state index contributed by atoms with van der Waals surface area (Å²) >= 11 is 0. The van der Waals surface area contributed by atoms with Crippen LogP contribution in [-0.4, -0.2) is 49.7 Å². The minimum Gasteiger partial charge on any atom is -0.480 e. The Morgan fingerprint density at radius 3 is 2.83 bits per heavy atom. The smallest absolute Gasteiger partial charge is 0.326 e. The topological polar surface area (TPSA) is 99.2 Å². The lowest BCUT2D eigenvalue weighted by atomic mass is 10.0. The van der Waals surface area contributed by atoms with Crippen molar-refractivity contribution in [2.45, 2.75) is 32.7 Å². The molecule has 0 saturated carbocycles. The summed E-state index contributed by atoms with van der Waals surface area (Å²) in [6.07, 6.45) is 1.34. The molecule has 1 aromatic rings. The fourth-order valence-corrected chi connectivity index (χ4v) is 2.23. The van der Waals surface area contributed by atoms with Crippen molar-refractivity contribution in [3.8, 4) is 0 Å². The van der Waals surface area contributed by atoms with Crippen LogP contribution in [0.3, 0.4) is 0 Å². The summed E-state index contributed by atoms with van der Waals surface area (Å²) in [4.78, 5) is 28.7. The molecule has 0 bridgehead atoms. The summed E-state index contributed by atoms with van der Waals surface area (Å²) in [5.41, 5.74) is 0. The van der Waals surface area contributed by atoms with Gasteiger partial charge >= 0.3 is 5.97 Å². The molecule has 1 aliphatic heterocycles. The first-order valence-corrected chi connectivity index (χ1v) is 5.99. The number of likely N-dealkylation sites (tertiary alicyclic amines) is 1. The van der Waals surface area contributed by atoms with E-state index in [0.29, 0.717) is 25.2 Å². The average Bonchev–Trinajstić information content (AvgIpc) is 2.93. The van der Waals surface area contributed by atoms with Gasteiger partial charge in [-0.05, 0) is 12.3 Å². The Bertz CT molecular complexity index is 471. The normalized spacial score (nSPS) is 23.3. The van der Waals surface area contributed by atoms with Gasteiger partial charge in [-0.3, -0.25) is 9.89 Å². The Hall–Kier alpha value is -1.92. The maximum atomic E-state index is 12.2. The van der Waals surface area contributed by atoms with E-state index < -0.39 is 17.9 Å².